The molecule has 92 valence electrons. The fraction of sp³-hybridized carbons (Fsp3) is 1.00. The molecule has 1 nitrogen and oxygen atoms in total. The van der Waals surface area contributed by atoms with Gasteiger partial charge in [-0.2, -0.15) is 0 Å². The molecule has 0 fully saturated rings. The van der Waals surface area contributed by atoms with Crippen LogP contribution in [0.25, 0.3) is 0 Å². The molecule has 0 aliphatic rings. The Balaban J connectivity index is 3.55. The maximum Gasteiger partial charge on any atom is 0.00642 e. The minimum Gasteiger partial charge on any atom is -0.317 e. The van der Waals surface area contributed by atoms with Crippen LogP contribution in [0.2, 0.25) is 0 Å². The van der Waals surface area contributed by atoms with Gasteiger partial charge in [-0.25, -0.2) is 0 Å². The lowest BCUT2D eigenvalue weighted by Gasteiger charge is -2.23. The monoisotopic (exact) mass is 213 g/mol. The van der Waals surface area contributed by atoms with E-state index < -0.39 is 0 Å². The van der Waals surface area contributed by atoms with Crippen LogP contribution in [0.1, 0.15) is 72.6 Å². The molecule has 0 aliphatic carbocycles. The van der Waals surface area contributed by atoms with Crippen LogP contribution in [0, 0.1) is 5.41 Å². The van der Waals surface area contributed by atoms with Gasteiger partial charge in [0.15, 0.2) is 0 Å². The zero-order valence-electron chi connectivity index (χ0n) is 11.5. The molecule has 0 spiro atoms. The third-order valence-corrected chi connectivity index (χ3v) is 3.06. The molecular formula is C14H31N. The molecule has 0 bridgehead atoms. The molecule has 0 amide bonds. The van der Waals surface area contributed by atoms with E-state index in [-0.39, 0.29) is 0 Å². The molecule has 0 saturated heterocycles. The van der Waals surface area contributed by atoms with Crippen LogP contribution >= 0.6 is 0 Å². The summed E-state index contributed by atoms with van der Waals surface area (Å²) >= 11 is 0. The topological polar surface area (TPSA) is 12.0 Å². The molecule has 1 heteroatoms. The van der Waals surface area contributed by atoms with Gasteiger partial charge in [-0.3, -0.25) is 0 Å². The van der Waals surface area contributed by atoms with Gasteiger partial charge < -0.3 is 5.32 Å². The highest BCUT2D eigenvalue weighted by atomic mass is 14.9. The molecular weight excluding hydrogens is 182 g/mol. The highest BCUT2D eigenvalue weighted by molar-refractivity contribution is 4.70. The van der Waals surface area contributed by atoms with Crippen molar-refractivity contribution >= 4 is 0 Å². The van der Waals surface area contributed by atoms with Crippen LogP contribution in [0.3, 0.4) is 0 Å². The normalized spacial score (nSPS) is 14.2. The van der Waals surface area contributed by atoms with Crippen LogP contribution in [0.4, 0.5) is 0 Å². The molecule has 0 saturated carbocycles. The predicted octanol–water partition coefficient (Wildman–Crippen LogP) is 4.37. The Kier molecular flexibility index (Phi) is 8.13. The maximum absolute atomic E-state index is 3.45. The van der Waals surface area contributed by atoms with Gasteiger partial charge in [0.1, 0.15) is 0 Å². The van der Waals surface area contributed by atoms with Crippen LogP contribution < -0.4 is 5.32 Å². The van der Waals surface area contributed by atoms with Crippen molar-refractivity contribution in [1.29, 1.82) is 0 Å². The van der Waals surface area contributed by atoms with Crippen LogP contribution in [-0.2, 0) is 0 Å². The van der Waals surface area contributed by atoms with E-state index in [0.717, 1.165) is 6.04 Å². The minimum absolute atomic E-state index is 0.485. The van der Waals surface area contributed by atoms with Crippen molar-refractivity contribution in [3.8, 4) is 0 Å². The number of rotatable bonds is 8. The van der Waals surface area contributed by atoms with Crippen molar-refractivity contribution in [1.82, 2.24) is 5.32 Å². The first-order chi connectivity index (χ1) is 6.99. The van der Waals surface area contributed by atoms with Crippen molar-refractivity contribution in [2.24, 2.45) is 5.41 Å². The van der Waals surface area contributed by atoms with Gasteiger partial charge in [0.2, 0.25) is 0 Å². The standard InChI is InChI=1S/C14H31N/c1-6-7-8-9-10-13(15-5)11-12-14(2,3)4/h13,15H,6-12H2,1-5H3. The second-order valence-electron chi connectivity index (χ2n) is 5.93. The zero-order chi connectivity index (χ0) is 11.7. The number of unbranched alkanes of at least 4 members (excludes halogenated alkanes) is 3. The molecule has 0 rings (SSSR count). The summed E-state index contributed by atoms with van der Waals surface area (Å²) in [6, 6.07) is 0.737. The van der Waals surface area contributed by atoms with Crippen molar-refractivity contribution in [2.75, 3.05) is 7.05 Å². The Morgan fingerprint density at radius 2 is 1.67 bits per heavy atom. The summed E-state index contributed by atoms with van der Waals surface area (Å²) in [5.74, 6) is 0. The van der Waals surface area contributed by atoms with Crippen molar-refractivity contribution < 1.29 is 0 Å². The lowest BCUT2D eigenvalue weighted by atomic mass is 9.87. The summed E-state index contributed by atoms with van der Waals surface area (Å²) in [6.07, 6.45) is 9.54. The third-order valence-electron chi connectivity index (χ3n) is 3.06. The molecule has 1 unspecified atom stereocenters. The summed E-state index contributed by atoms with van der Waals surface area (Å²) < 4.78 is 0. The maximum atomic E-state index is 3.45. The van der Waals surface area contributed by atoms with Crippen LogP contribution in [0.15, 0.2) is 0 Å². The average molecular weight is 213 g/mol. The molecule has 0 heterocycles. The molecule has 1 atom stereocenters. The number of hydrogen-bond acceptors (Lipinski definition) is 1. The first-order valence-electron chi connectivity index (χ1n) is 6.67. The summed E-state index contributed by atoms with van der Waals surface area (Å²) in [6.45, 7) is 9.26. The fourth-order valence-electron chi connectivity index (χ4n) is 1.86. The van der Waals surface area contributed by atoms with E-state index in [4.69, 9.17) is 0 Å². The summed E-state index contributed by atoms with van der Waals surface area (Å²) in [7, 11) is 2.10. The molecule has 0 aliphatic heterocycles. The van der Waals surface area contributed by atoms with E-state index in [2.05, 4.69) is 40.1 Å². The Bertz CT molecular complexity index is 135. The van der Waals surface area contributed by atoms with E-state index in [9.17, 15) is 0 Å². The molecule has 1 N–H and O–H groups in total. The molecule has 0 radical (unpaired) electrons. The number of hydrogen-bond donors (Lipinski definition) is 1. The summed E-state index contributed by atoms with van der Waals surface area (Å²) in [4.78, 5) is 0. The van der Waals surface area contributed by atoms with E-state index in [0.29, 0.717) is 5.41 Å². The lowest BCUT2D eigenvalue weighted by Crippen LogP contribution is -2.26. The Morgan fingerprint density at radius 1 is 1.00 bits per heavy atom. The van der Waals surface area contributed by atoms with Gasteiger partial charge in [-0.1, -0.05) is 53.4 Å². The highest BCUT2D eigenvalue weighted by Crippen LogP contribution is 2.22. The second-order valence-corrected chi connectivity index (χ2v) is 5.93. The SMILES string of the molecule is CCCCCCC(CCC(C)(C)C)NC. The van der Waals surface area contributed by atoms with Gasteiger partial charge in [-0.05, 0) is 31.7 Å². The molecule has 15 heavy (non-hydrogen) atoms. The molecule has 0 aromatic rings. The van der Waals surface area contributed by atoms with Crippen LogP contribution in [-0.4, -0.2) is 13.1 Å². The second kappa shape index (κ2) is 8.15. The first kappa shape index (κ1) is 15.0. The van der Waals surface area contributed by atoms with Gasteiger partial charge in [0, 0.05) is 6.04 Å². The van der Waals surface area contributed by atoms with E-state index in [1.165, 1.54) is 44.9 Å². The van der Waals surface area contributed by atoms with Crippen LogP contribution in [0.5, 0.6) is 0 Å². The molecule has 0 aromatic heterocycles. The van der Waals surface area contributed by atoms with E-state index in [1.54, 1.807) is 0 Å². The highest BCUT2D eigenvalue weighted by Gasteiger charge is 2.13. The van der Waals surface area contributed by atoms with Gasteiger partial charge in [0.25, 0.3) is 0 Å². The lowest BCUT2D eigenvalue weighted by molar-refractivity contribution is 0.326. The Labute approximate surface area is 97.0 Å². The minimum atomic E-state index is 0.485. The smallest absolute Gasteiger partial charge is 0.00642 e. The van der Waals surface area contributed by atoms with Crippen molar-refractivity contribution in [3.05, 3.63) is 0 Å². The predicted molar refractivity (Wildman–Crippen MR) is 70.3 cm³/mol. The fourth-order valence-corrected chi connectivity index (χ4v) is 1.86. The third kappa shape index (κ3) is 10.2. The van der Waals surface area contributed by atoms with Gasteiger partial charge >= 0.3 is 0 Å². The van der Waals surface area contributed by atoms with Crippen molar-refractivity contribution in [3.63, 3.8) is 0 Å². The van der Waals surface area contributed by atoms with Gasteiger partial charge in [-0.15, -0.1) is 0 Å². The Hall–Kier alpha value is -0.0400. The van der Waals surface area contributed by atoms with E-state index in [1.807, 2.05) is 0 Å². The molecule has 0 aromatic carbocycles. The quantitative estimate of drug-likeness (QED) is 0.590. The van der Waals surface area contributed by atoms with Gasteiger partial charge in [0.05, 0.1) is 0 Å². The first-order valence-corrected chi connectivity index (χ1v) is 6.67. The summed E-state index contributed by atoms with van der Waals surface area (Å²) in [5.41, 5.74) is 0.485. The summed E-state index contributed by atoms with van der Waals surface area (Å²) in [5, 5.41) is 3.45. The largest absolute Gasteiger partial charge is 0.317 e. The number of nitrogens with one attached hydrogen (secondary N) is 1. The van der Waals surface area contributed by atoms with Crippen molar-refractivity contribution in [2.45, 2.75) is 78.7 Å². The Morgan fingerprint density at radius 3 is 2.13 bits per heavy atom. The zero-order valence-corrected chi connectivity index (χ0v) is 11.5. The van der Waals surface area contributed by atoms with E-state index >= 15 is 0 Å². The average Bonchev–Trinajstić information content (AvgIpc) is 2.15.